The maximum absolute atomic E-state index is 12.6. The maximum atomic E-state index is 12.6. The van der Waals surface area contributed by atoms with Gasteiger partial charge in [0.2, 0.25) is 0 Å². The fourth-order valence-corrected chi connectivity index (χ4v) is 2.98. The van der Waals surface area contributed by atoms with Gasteiger partial charge in [0, 0.05) is 23.7 Å². The molecule has 126 valence electrons. The Labute approximate surface area is 147 Å². The Morgan fingerprint density at radius 2 is 2.04 bits per heavy atom. The first-order valence-corrected chi connectivity index (χ1v) is 8.50. The van der Waals surface area contributed by atoms with Crippen molar-refractivity contribution < 1.29 is 9.53 Å². The van der Waals surface area contributed by atoms with E-state index in [9.17, 15) is 4.79 Å². The molecule has 0 spiro atoms. The Bertz CT molecular complexity index is 703. The van der Waals surface area contributed by atoms with Crippen LogP contribution in [-0.4, -0.2) is 30.4 Å². The van der Waals surface area contributed by atoms with E-state index in [0.717, 1.165) is 25.1 Å². The van der Waals surface area contributed by atoms with Crippen molar-refractivity contribution in [1.29, 1.82) is 0 Å². The highest BCUT2D eigenvalue weighted by Crippen LogP contribution is 2.21. The highest BCUT2D eigenvalue weighted by atomic mass is 35.5. The molecule has 1 fully saturated rings. The molecule has 2 N–H and O–H groups in total. The average Bonchev–Trinajstić information content (AvgIpc) is 3.10. The van der Waals surface area contributed by atoms with Crippen molar-refractivity contribution >= 4 is 17.5 Å². The zero-order chi connectivity index (χ0) is 16.9. The van der Waals surface area contributed by atoms with Crippen molar-refractivity contribution in [1.82, 2.24) is 4.90 Å². The minimum Gasteiger partial charge on any atom is -0.489 e. The van der Waals surface area contributed by atoms with Crippen molar-refractivity contribution in [2.45, 2.75) is 13.0 Å². The number of nitrogens with two attached hydrogens (primary N) is 1. The van der Waals surface area contributed by atoms with Crippen molar-refractivity contribution in [3.63, 3.8) is 0 Å². The minimum atomic E-state index is 0.0443. The lowest BCUT2D eigenvalue weighted by atomic mass is 10.1. The first-order chi connectivity index (χ1) is 11.7. The SMILES string of the molecule is NCC1CCN(C(=O)c2cccc(OCc3ccc(Cl)cc3)c2)C1. The lowest BCUT2D eigenvalue weighted by Gasteiger charge is -2.17. The summed E-state index contributed by atoms with van der Waals surface area (Å²) < 4.78 is 5.79. The number of benzene rings is 2. The van der Waals surface area contributed by atoms with Gasteiger partial charge in [-0.25, -0.2) is 0 Å². The fraction of sp³-hybridized carbons (Fsp3) is 0.316. The van der Waals surface area contributed by atoms with Crippen LogP contribution in [0.1, 0.15) is 22.3 Å². The molecule has 0 radical (unpaired) electrons. The van der Waals surface area contributed by atoms with Gasteiger partial charge in [-0.3, -0.25) is 4.79 Å². The molecule has 0 aromatic heterocycles. The second-order valence-electron chi connectivity index (χ2n) is 6.08. The third-order valence-corrected chi connectivity index (χ3v) is 4.56. The lowest BCUT2D eigenvalue weighted by Crippen LogP contribution is -2.29. The summed E-state index contributed by atoms with van der Waals surface area (Å²) in [5, 5.41) is 0.702. The molecule has 2 aromatic rings. The zero-order valence-electron chi connectivity index (χ0n) is 13.5. The molecular weight excluding hydrogens is 324 g/mol. The van der Waals surface area contributed by atoms with E-state index in [1.54, 1.807) is 6.07 Å². The van der Waals surface area contributed by atoms with Crippen molar-refractivity contribution in [2.75, 3.05) is 19.6 Å². The first kappa shape index (κ1) is 16.8. The van der Waals surface area contributed by atoms with E-state index < -0.39 is 0 Å². The van der Waals surface area contributed by atoms with E-state index in [0.29, 0.717) is 35.4 Å². The maximum Gasteiger partial charge on any atom is 0.253 e. The van der Waals surface area contributed by atoms with Crippen LogP contribution in [0.3, 0.4) is 0 Å². The number of hydrogen-bond donors (Lipinski definition) is 1. The van der Waals surface area contributed by atoms with E-state index in [2.05, 4.69) is 0 Å². The van der Waals surface area contributed by atoms with Crippen LogP contribution in [0.4, 0.5) is 0 Å². The number of nitrogens with zero attached hydrogens (tertiary/aromatic N) is 1. The molecule has 1 aliphatic heterocycles. The molecule has 1 aliphatic rings. The Morgan fingerprint density at radius 1 is 1.25 bits per heavy atom. The van der Waals surface area contributed by atoms with Gasteiger partial charge >= 0.3 is 0 Å². The molecule has 1 atom stereocenters. The van der Waals surface area contributed by atoms with Gasteiger partial charge in [0.15, 0.2) is 0 Å². The predicted molar refractivity (Wildman–Crippen MR) is 95.3 cm³/mol. The van der Waals surface area contributed by atoms with Crippen LogP contribution in [0.25, 0.3) is 0 Å². The van der Waals surface area contributed by atoms with E-state index in [-0.39, 0.29) is 5.91 Å². The van der Waals surface area contributed by atoms with Crippen LogP contribution in [0.15, 0.2) is 48.5 Å². The van der Waals surface area contributed by atoms with Crippen LogP contribution in [-0.2, 0) is 6.61 Å². The smallest absolute Gasteiger partial charge is 0.253 e. The van der Waals surface area contributed by atoms with Gasteiger partial charge in [-0.2, -0.15) is 0 Å². The second kappa shape index (κ2) is 7.69. The number of amides is 1. The van der Waals surface area contributed by atoms with Gasteiger partial charge in [0.25, 0.3) is 5.91 Å². The highest BCUT2D eigenvalue weighted by molar-refractivity contribution is 6.30. The van der Waals surface area contributed by atoms with E-state index in [4.69, 9.17) is 22.1 Å². The molecule has 0 aliphatic carbocycles. The third kappa shape index (κ3) is 4.08. The molecule has 4 nitrogen and oxygen atoms in total. The molecule has 0 bridgehead atoms. The standard InChI is InChI=1S/C19H21ClN2O2/c20-17-6-4-14(5-7-17)13-24-18-3-1-2-16(10-18)19(23)22-9-8-15(11-21)12-22/h1-7,10,15H,8-9,11-13,21H2. The minimum absolute atomic E-state index is 0.0443. The Hall–Kier alpha value is -2.04. The summed E-state index contributed by atoms with van der Waals surface area (Å²) in [5.41, 5.74) is 7.38. The summed E-state index contributed by atoms with van der Waals surface area (Å²) in [4.78, 5) is 14.5. The third-order valence-electron chi connectivity index (χ3n) is 4.31. The number of ether oxygens (including phenoxy) is 1. The van der Waals surface area contributed by atoms with Crippen LogP contribution in [0, 0.1) is 5.92 Å². The van der Waals surface area contributed by atoms with Gasteiger partial charge in [-0.15, -0.1) is 0 Å². The van der Waals surface area contributed by atoms with Gasteiger partial charge in [-0.1, -0.05) is 29.8 Å². The number of carbonyl (C=O) groups excluding carboxylic acids is 1. The van der Waals surface area contributed by atoms with Crippen LogP contribution < -0.4 is 10.5 Å². The molecule has 1 heterocycles. The lowest BCUT2D eigenvalue weighted by molar-refractivity contribution is 0.0787. The van der Waals surface area contributed by atoms with Crippen molar-refractivity contribution in [3.05, 3.63) is 64.7 Å². The summed E-state index contributed by atoms with van der Waals surface area (Å²) in [6, 6.07) is 14.9. The average molecular weight is 345 g/mol. The summed E-state index contributed by atoms with van der Waals surface area (Å²) in [6.45, 7) is 2.59. The number of likely N-dealkylation sites (tertiary alicyclic amines) is 1. The van der Waals surface area contributed by atoms with Crippen LogP contribution in [0.5, 0.6) is 5.75 Å². The van der Waals surface area contributed by atoms with Crippen LogP contribution in [0.2, 0.25) is 5.02 Å². The van der Waals surface area contributed by atoms with Gasteiger partial charge in [-0.05, 0) is 54.8 Å². The van der Waals surface area contributed by atoms with Gasteiger partial charge in [0.1, 0.15) is 12.4 Å². The molecule has 1 unspecified atom stereocenters. The molecule has 1 amide bonds. The number of rotatable bonds is 5. The largest absolute Gasteiger partial charge is 0.489 e. The molecule has 24 heavy (non-hydrogen) atoms. The fourth-order valence-electron chi connectivity index (χ4n) is 2.86. The van der Waals surface area contributed by atoms with Gasteiger partial charge < -0.3 is 15.4 Å². The Balaban J connectivity index is 1.63. The van der Waals surface area contributed by atoms with Crippen molar-refractivity contribution in [3.8, 4) is 5.75 Å². The normalized spacial score (nSPS) is 17.1. The topological polar surface area (TPSA) is 55.6 Å². The first-order valence-electron chi connectivity index (χ1n) is 8.12. The Kier molecular flexibility index (Phi) is 5.38. The molecular formula is C19H21ClN2O2. The molecule has 0 saturated carbocycles. The van der Waals surface area contributed by atoms with E-state index in [1.807, 2.05) is 47.4 Å². The summed E-state index contributed by atoms with van der Waals surface area (Å²) in [7, 11) is 0. The van der Waals surface area contributed by atoms with E-state index >= 15 is 0 Å². The molecule has 2 aromatic carbocycles. The molecule has 5 heteroatoms. The monoisotopic (exact) mass is 344 g/mol. The second-order valence-corrected chi connectivity index (χ2v) is 6.52. The zero-order valence-corrected chi connectivity index (χ0v) is 14.2. The van der Waals surface area contributed by atoms with Gasteiger partial charge in [0.05, 0.1) is 0 Å². The number of halogens is 1. The predicted octanol–water partition coefficient (Wildman–Crippen LogP) is 3.34. The van der Waals surface area contributed by atoms with Crippen LogP contribution >= 0.6 is 11.6 Å². The quantitative estimate of drug-likeness (QED) is 0.905. The van der Waals surface area contributed by atoms with E-state index in [1.165, 1.54) is 0 Å². The summed E-state index contributed by atoms with van der Waals surface area (Å²) in [5.74, 6) is 1.14. The summed E-state index contributed by atoms with van der Waals surface area (Å²) in [6.07, 6.45) is 0.981. The Morgan fingerprint density at radius 3 is 2.75 bits per heavy atom. The molecule has 3 rings (SSSR count). The van der Waals surface area contributed by atoms with Crippen molar-refractivity contribution in [2.24, 2.45) is 11.7 Å². The number of carbonyl (C=O) groups is 1. The number of hydrogen-bond acceptors (Lipinski definition) is 3. The molecule has 1 saturated heterocycles. The summed E-state index contributed by atoms with van der Waals surface area (Å²) >= 11 is 5.88. The highest BCUT2D eigenvalue weighted by Gasteiger charge is 2.26.